The summed E-state index contributed by atoms with van der Waals surface area (Å²) in [5.74, 6) is -0.0278. The first-order valence-electron chi connectivity index (χ1n) is 14.5. The van der Waals surface area contributed by atoms with E-state index in [-0.39, 0.29) is 22.6 Å². The van der Waals surface area contributed by atoms with Crippen molar-refractivity contribution >= 4 is 68.9 Å². The zero-order chi connectivity index (χ0) is 31.7. The molecule has 1 amide bonds. The number of Topliss-reactive ketones (excluding diaryl/α,β-unsaturated/α-hetero) is 1. The van der Waals surface area contributed by atoms with Gasteiger partial charge in [-0.1, -0.05) is 77.8 Å². The summed E-state index contributed by atoms with van der Waals surface area (Å²) in [5.41, 5.74) is 2.79. The fraction of sp³-hybridized carbons (Fsp3) is 0.273. The number of hydrogen-bond acceptors (Lipinski definition) is 9. The predicted octanol–water partition coefficient (Wildman–Crippen LogP) is 8.27. The van der Waals surface area contributed by atoms with E-state index in [1.165, 1.54) is 28.0 Å². The number of unbranched alkanes of at least 4 members (excludes halogenated alkanes) is 1. The van der Waals surface area contributed by atoms with Gasteiger partial charge in [0, 0.05) is 27.8 Å². The van der Waals surface area contributed by atoms with Crippen LogP contribution >= 0.6 is 46.3 Å². The Labute approximate surface area is 279 Å². The Hall–Kier alpha value is -3.57. The molecule has 0 spiro atoms. The van der Waals surface area contributed by atoms with Gasteiger partial charge in [0.2, 0.25) is 5.13 Å². The van der Waals surface area contributed by atoms with Gasteiger partial charge in [-0.3, -0.25) is 14.5 Å². The molecule has 6 rings (SSSR count). The SMILES string of the molecule is CCCCOc1cccc([C@H]2/C(=C(\O)c3ccc4c(c3)C[C@H](C)O4)C(=O)C(=O)N2c2nnc(SCc3ccc(Cl)cc3Cl)s2)c1. The van der Waals surface area contributed by atoms with E-state index in [1.54, 1.807) is 36.4 Å². The van der Waals surface area contributed by atoms with Gasteiger partial charge < -0.3 is 14.6 Å². The molecule has 0 aliphatic carbocycles. The topological polar surface area (TPSA) is 102 Å². The van der Waals surface area contributed by atoms with Crippen molar-refractivity contribution in [1.29, 1.82) is 0 Å². The molecule has 3 aromatic carbocycles. The molecule has 0 bridgehead atoms. The van der Waals surface area contributed by atoms with E-state index in [0.29, 0.717) is 50.0 Å². The summed E-state index contributed by atoms with van der Waals surface area (Å²) >= 11 is 15.0. The van der Waals surface area contributed by atoms with Crippen LogP contribution in [0.2, 0.25) is 10.0 Å². The molecule has 2 aliphatic heterocycles. The summed E-state index contributed by atoms with van der Waals surface area (Å²) in [7, 11) is 0. The van der Waals surface area contributed by atoms with Gasteiger partial charge in [0.05, 0.1) is 18.2 Å². The number of nitrogens with zero attached hydrogens (tertiary/aromatic N) is 3. The van der Waals surface area contributed by atoms with Crippen molar-refractivity contribution in [3.63, 3.8) is 0 Å². The number of rotatable bonds is 10. The lowest BCUT2D eigenvalue weighted by atomic mass is 9.94. The van der Waals surface area contributed by atoms with E-state index < -0.39 is 17.7 Å². The highest BCUT2D eigenvalue weighted by Gasteiger charge is 2.48. The first-order valence-corrected chi connectivity index (χ1v) is 17.0. The Bertz CT molecular complexity index is 1810. The molecule has 232 valence electrons. The van der Waals surface area contributed by atoms with Crippen molar-refractivity contribution in [2.45, 2.75) is 55.3 Å². The molecule has 3 heterocycles. The van der Waals surface area contributed by atoms with Crippen LogP contribution in [0.1, 0.15) is 55.0 Å². The van der Waals surface area contributed by atoms with E-state index >= 15 is 0 Å². The molecule has 8 nitrogen and oxygen atoms in total. The maximum atomic E-state index is 13.7. The fourth-order valence-corrected chi connectivity index (χ4v) is 7.74. The lowest BCUT2D eigenvalue weighted by Gasteiger charge is -2.23. The lowest BCUT2D eigenvalue weighted by molar-refractivity contribution is -0.132. The number of carbonyl (C=O) groups is 2. The number of halogens is 2. The minimum atomic E-state index is -0.959. The third kappa shape index (κ3) is 6.56. The molecular weight excluding hydrogens is 653 g/mol. The Morgan fingerprint density at radius 3 is 2.78 bits per heavy atom. The van der Waals surface area contributed by atoms with Gasteiger partial charge in [0.1, 0.15) is 23.4 Å². The monoisotopic (exact) mass is 681 g/mol. The van der Waals surface area contributed by atoms with Crippen molar-refractivity contribution in [3.05, 3.63) is 98.5 Å². The normalized spacial score (nSPS) is 18.7. The number of carbonyl (C=O) groups excluding carboxylic acids is 2. The summed E-state index contributed by atoms with van der Waals surface area (Å²) in [6.07, 6.45) is 2.55. The van der Waals surface area contributed by atoms with E-state index in [1.807, 2.05) is 31.2 Å². The Morgan fingerprint density at radius 2 is 1.98 bits per heavy atom. The average Bonchev–Trinajstić information content (AvgIpc) is 3.71. The maximum Gasteiger partial charge on any atom is 0.301 e. The predicted molar refractivity (Wildman–Crippen MR) is 178 cm³/mol. The second kappa shape index (κ2) is 13.4. The van der Waals surface area contributed by atoms with E-state index in [0.717, 1.165) is 29.7 Å². The van der Waals surface area contributed by atoms with Crippen LogP contribution in [0.3, 0.4) is 0 Å². The van der Waals surface area contributed by atoms with Gasteiger partial charge in [0.15, 0.2) is 4.34 Å². The summed E-state index contributed by atoms with van der Waals surface area (Å²) < 4.78 is 12.3. The van der Waals surface area contributed by atoms with Crippen LogP contribution in [0.15, 0.2) is 70.6 Å². The highest BCUT2D eigenvalue weighted by molar-refractivity contribution is 8.00. The molecule has 2 atom stereocenters. The quantitative estimate of drug-likeness (QED) is 0.0446. The Morgan fingerprint density at radius 1 is 1.13 bits per heavy atom. The van der Waals surface area contributed by atoms with Crippen molar-refractivity contribution in [1.82, 2.24) is 10.2 Å². The summed E-state index contributed by atoms with van der Waals surface area (Å²) in [4.78, 5) is 28.7. The molecular formula is C33H29Cl2N3O5S2. The second-order valence-corrected chi connectivity index (χ2v) is 13.8. The van der Waals surface area contributed by atoms with E-state index in [2.05, 4.69) is 17.1 Å². The second-order valence-electron chi connectivity index (χ2n) is 10.8. The number of benzene rings is 3. The number of hydrogen-bond donors (Lipinski definition) is 1. The number of ether oxygens (including phenoxy) is 2. The van der Waals surface area contributed by atoms with Crippen molar-refractivity contribution in [3.8, 4) is 11.5 Å². The van der Waals surface area contributed by atoms with Gasteiger partial charge in [-0.05, 0) is 72.5 Å². The summed E-state index contributed by atoms with van der Waals surface area (Å²) in [6.45, 7) is 4.58. The lowest BCUT2D eigenvalue weighted by Crippen LogP contribution is -2.29. The Balaban J connectivity index is 1.38. The van der Waals surface area contributed by atoms with Crippen LogP contribution in [-0.4, -0.2) is 39.7 Å². The summed E-state index contributed by atoms with van der Waals surface area (Å²) in [5, 5.41) is 21.6. The third-order valence-corrected chi connectivity index (χ3v) is 10.2. The smallest absolute Gasteiger partial charge is 0.301 e. The molecule has 1 N–H and O–H groups in total. The van der Waals surface area contributed by atoms with Crippen LogP contribution in [0.5, 0.6) is 11.5 Å². The Kier molecular flexibility index (Phi) is 9.37. The van der Waals surface area contributed by atoms with Gasteiger partial charge in [-0.25, -0.2) is 0 Å². The van der Waals surface area contributed by atoms with Crippen LogP contribution in [0.25, 0.3) is 5.76 Å². The van der Waals surface area contributed by atoms with Crippen LogP contribution in [0, 0.1) is 0 Å². The first-order chi connectivity index (χ1) is 21.7. The van der Waals surface area contributed by atoms with Crippen LogP contribution in [0.4, 0.5) is 5.13 Å². The third-order valence-electron chi connectivity index (χ3n) is 7.52. The maximum absolute atomic E-state index is 13.7. The minimum Gasteiger partial charge on any atom is -0.507 e. The molecule has 0 radical (unpaired) electrons. The number of amides is 1. The van der Waals surface area contributed by atoms with Crippen molar-refractivity contribution in [2.24, 2.45) is 0 Å². The fourth-order valence-electron chi connectivity index (χ4n) is 5.32. The molecule has 4 aromatic rings. The van der Waals surface area contributed by atoms with Crippen molar-refractivity contribution < 1.29 is 24.2 Å². The average molecular weight is 683 g/mol. The highest BCUT2D eigenvalue weighted by Crippen LogP contribution is 2.45. The number of fused-ring (bicyclic) bond motifs is 1. The first kappa shape index (κ1) is 31.4. The van der Waals surface area contributed by atoms with Gasteiger partial charge in [0.25, 0.3) is 5.78 Å². The number of thioether (sulfide) groups is 1. The molecule has 2 aliphatic rings. The molecule has 12 heteroatoms. The molecule has 45 heavy (non-hydrogen) atoms. The summed E-state index contributed by atoms with van der Waals surface area (Å²) in [6, 6.07) is 16.9. The molecule has 1 aromatic heterocycles. The highest BCUT2D eigenvalue weighted by atomic mass is 35.5. The van der Waals surface area contributed by atoms with Gasteiger partial charge in [-0.15, -0.1) is 10.2 Å². The number of aliphatic hydroxyl groups is 1. The minimum absolute atomic E-state index is 0.0126. The number of aliphatic hydroxyl groups excluding tert-OH is 1. The molecule has 0 unspecified atom stereocenters. The zero-order valence-corrected chi connectivity index (χ0v) is 27.6. The van der Waals surface area contributed by atoms with E-state index in [9.17, 15) is 14.7 Å². The van der Waals surface area contributed by atoms with E-state index in [4.69, 9.17) is 32.7 Å². The number of aromatic nitrogens is 2. The van der Waals surface area contributed by atoms with Crippen LogP contribution in [-0.2, 0) is 21.8 Å². The molecule has 0 saturated carbocycles. The largest absolute Gasteiger partial charge is 0.507 e. The number of anilines is 1. The molecule has 1 fully saturated rings. The van der Waals surface area contributed by atoms with Crippen LogP contribution < -0.4 is 14.4 Å². The van der Waals surface area contributed by atoms with Crippen molar-refractivity contribution in [2.75, 3.05) is 11.5 Å². The van der Waals surface area contributed by atoms with Gasteiger partial charge >= 0.3 is 5.91 Å². The zero-order valence-electron chi connectivity index (χ0n) is 24.5. The standard InChI is InChI=1S/C33H29Cl2N3O5S2/c1-3-4-12-42-24-7-5-6-19(15-24)28-27(29(39)20-9-11-26-22(14-20)13-18(2)43-26)30(40)31(41)38(28)32-36-37-33(45-32)44-17-21-8-10-23(34)16-25(21)35/h5-11,14-16,18,28,39H,3-4,12-13,17H2,1-2H3/b29-27+/t18-,28-/m0/s1. The number of ketones is 1. The van der Waals surface area contributed by atoms with Gasteiger partial charge in [-0.2, -0.15) is 0 Å². The molecule has 1 saturated heterocycles.